The number of hydrogen-bond donors (Lipinski definition) is 1. The van der Waals surface area contributed by atoms with E-state index in [4.69, 9.17) is 33.7 Å². The largest absolute Gasteiger partial charge is 0.484 e. The molecule has 0 bridgehead atoms. The molecule has 2 aromatic carbocycles. The van der Waals surface area contributed by atoms with E-state index < -0.39 is 33.7 Å². The number of nitrogens with two attached hydrogens (primary N) is 1. The van der Waals surface area contributed by atoms with Crippen LogP contribution in [0.15, 0.2) is 41.3 Å². The van der Waals surface area contributed by atoms with Crippen molar-refractivity contribution in [3.8, 4) is 5.75 Å². The van der Waals surface area contributed by atoms with E-state index in [2.05, 4.69) is 0 Å². The van der Waals surface area contributed by atoms with Gasteiger partial charge >= 0.3 is 6.18 Å². The van der Waals surface area contributed by atoms with Crippen molar-refractivity contribution in [1.82, 2.24) is 4.90 Å². The van der Waals surface area contributed by atoms with Gasteiger partial charge in [-0.25, -0.2) is 8.42 Å². The maximum absolute atomic E-state index is 13.5. The third kappa shape index (κ3) is 4.33. The van der Waals surface area contributed by atoms with Crippen molar-refractivity contribution in [2.45, 2.75) is 41.6 Å². The summed E-state index contributed by atoms with van der Waals surface area (Å²) < 4.78 is 70.1. The predicted molar refractivity (Wildman–Crippen MR) is 116 cm³/mol. The molecule has 1 aliphatic heterocycles. The standard InChI is InChI=1S/C21H21Cl2F3N2O3S/c1-32(29,30)14-4-2-13(3-5-14)31-19-16-8-12(22)9-17(23)15(16)10-18(19)28-7-6-20(27,11-28)21(24,25)26/h2-5,8-9,18-19H,6-7,10-11,27H2,1H3. The molecule has 1 fully saturated rings. The molecule has 2 aromatic rings. The lowest BCUT2D eigenvalue weighted by molar-refractivity contribution is -0.182. The third-order valence-electron chi connectivity index (χ3n) is 6.14. The van der Waals surface area contributed by atoms with Crippen LogP contribution in [0.5, 0.6) is 5.75 Å². The fourth-order valence-corrected chi connectivity index (χ4v) is 5.59. The van der Waals surface area contributed by atoms with E-state index in [1.807, 2.05) is 0 Å². The van der Waals surface area contributed by atoms with E-state index in [1.54, 1.807) is 17.0 Å². The highest BCUT2D eigenvalue weighted by molar-refractivity contribution is 7.90. The molecule has 0 aromatic heterocycles. The molecule has 0 spiro atoms. The smallest absolute Gasteiger partial charge is 0.407 e. The molecule has 1 saturated heterocycles. The van der Waals surface area contributed by atoms with Crippen molar-refractivity contribution in [1.29, 1.82) is 0 Å². The number of hydrogen-bond acceptors (Lipinski definition) is 5. The summed E-state index contributed by atoms with van der Waals surface area (Å²) in [5, 5.41) is 0.811. The van der Waals surface area contributed by atoms with E-state index in [9.17, 15) is 21.6 Å². The summed E-state index contributed by atoms with van der Waals surface area (Å²) in [6.45, 7) is -0.194. The van der Waals surface area contributed by atoms with Gasteiger partial charge in [0, 0.05) is 35.0 Å². The first-order valence-corrected chi connectivity index (χ1v) is 12.5. The second-order valence-electron chi connectivity index (χ2n) is 8.38. The summed E-state index contributed by atoms with van der Waals surface area (Å²) in [5.41, 5.74) is 4.87. The minimum absolute atomic E-state index is 0.136. The van der Waals surface area contributed by atoms with Crippen LogP contribution in [0.25, 0.3) is 0 Å². The van der Waals surface area contributed by atoms with Gasteiger partial charge in [0.2, 0.25) is 0 Å². The van der Waals surface area contributed by atoms with Crippen LogP contribution in [0, 0.1) is 0 Å². The number of benzene rings is 2. The summed E-state index contributed by atoms with van der Waals surface area (Å²) in [7, 11) is -3.38. The predicted octanol–water partition coefficient (Wildman–Crippen LogP) is 4.41. The van der Waals surface area contributed by atoms with Crippen LogP contribution in [0.2, 0.25) is 10.0 Å². The van der Waals surface area contributed by atoms with Gasteiger partial charge in [0.15, 0.2) is 9.84 Å². The Morgan fingerprint density at radius 1 is 1.19 bits per heavy atom. The van der Waals surface area contributed by atoms with Gasteiger partial charge < -0.3 is 10.5 Å². The number of rotatable bonds is 4. The van der Waals surface area contributed by atoms with Crippen molar-refractivity contribution in [3.63, 3.8) is 0 Å². The molecule has 174 valence electrons. The van der Waals surface area contributed by atoms with Crippen molar-refractivity contribution >= 4 is 33.0 Å². The lowest BCUT2D eigenvalue weighted by Crippen LogP contribution is -2.56. The zero-order valence-electron chi connectivity index (χ0n) is 17.0. The fourth-order valence-electron chi connectivity index (χ4n) is 4.37. The highest BCUT2D eigenvalue weighted by Crippen LogP contribution is 2.45. The average Bonchev–Trinajstić information content (AvgIpc) is 3.24. The number of alkyl halides is 3. The summed E-state index contributed by atoms with van der Waals surface area (Å²) in [4.78, 5) is 1.82. The molecule has 32 heavy (non-hydrogen) atoms. The van der Waals surface area contributed by atoms with Gasteiger partial charge in [0.1, 0.15) is 17.4 Å². The monoisotopic (exact) mass is 508 g/mol. The molecule has 2 aliphatic rings. The van der Waals surface area contributed by atoms with Crippen LogP contribution in [0.3, 0.4) is 0 Å². The van der Waals surface area contributed by atoms with Crippen LogP contribution < -0.4 is 10.5 Å². The van der Waals surface area contributed by atoms with Crippen LogP contribution in [0.1, 0.15) is 23.7 Å². The SMILES string of the molecule is CS(=O)(=O)c1ccc(OC2c3cc(Cl)cc(Cl)c3CC2N2CCC(N)(C(F)(F)F)C2)cc1. The van der Waals surface area contributed by atoms with Gasteiger partial charge in [-0.05, 0) is 54.8 Å². The summed E-state index contributed by atoms with van der Waals surface area (Å²) >= 11 is 12.6. The molecule has 0 amide bonds. The molecule has 5 nitrogen and oxygen atoms in total. The molecule has 2 N–H and O–H groups in total. The third-order valence-corrected chi connectivity index (χ3v) is 7.83. The van der Waals surface area contributed by atoms with Crippen molar-refractivity contribution in [2.75, 3.05) is 19.3 Å². The number of ether oxygens (including phenoxy) is 1. The summed E-state index contributed by atoms with van der Waals surface area (Å²) in [5.74, 6) is 0.380. The second kappa shape index (κ2) is 8.06. The number of sulfone groups is 1. The molecule has 1 aliphatic carbocycles. The zero-order chi connectivity index (χ0) is 23.5. The van der Waals surface area contributed by atoms with E-state index in [-0.39, 0.29) is 24.4 Å². The topological polar surface area (TPSA) is 72.6 Å². The Morgan fingerprint density at radius 2 is 1.84 bits per heavy atom. The molecule has 1 heterocycles. The van der Waals surface area contributed by atoms with E-state index in [0.717, 1.165) is 11.8 Å². The number of fused-ring (bicyclic) bond motifs is 1. The molecule has 0 radical (unpaired) electrons. The molecule has 3 atom stereocenters. The molecule has 3 unspecified atom stereocenters. The van der Waals surface area contributed by atoms with Gasteiger partial charge in [0.05, 0.1) is 10.9 Å². The number of likely N-dealkylation sites (tertiary alicyclic amines) is 1. The fraction of sp³-hybridized carbons (Fsp3) is 0.429. The summed E-state index contributed by atoms with van der Waals surface area (Å²) in [6, 6.07) is 8.73. The first kappa shape index (κ1) is 23.6. The Morgan fingerprint density at radius 3 is 2.41 bits per heavy atom. The molecular formula is C21H21Cl2F3N2O3S. The maximum Gasteiger partial charge on any atom is 0.407 e. The normalized spacial score (nSPS) is 26.3. The van der Waals surface area contributed by atoms with Crippen LogP contribution in [-0.2, 0) is 16.3 Å². The van der Waals surface area contributed by atoms with Crippen molar-refractivity contribution in [3.05, 3.63) is 57.6 Å². The van der Waals surface area contributed by atoms with Crippen molar-refractivity contribution < 1.29 is 26.3 Å². The first-order valence-electron chi connectivity index (χ1n) is 9.83. The van der Waals surface area contributed by atoms with E-state index in [0.29, 0.717) is 27.8 Å². The van der Waals surface area contributed by atoms with Crippen LogP contribution >= 0.6 is 23.2 Å². The average molecular weight is 509 g/mol. The van der Waals surface area contributed by atoms with Gasteiger partial charge in [-0.15, -0.1) is 0 Å². The highest BCUT2D eigenvalue weighted by atomic mass is 35.5. The minimum Gasteiger partial charge on any atom is -0.484 e. The van der Waals surface area contributed by atoms with E-state index >= 15 is 0 Å². The molecule has 4 rings (SSSR count). The van der Waals surface area contributed by atoms with Crippen LogP contribution in [0.4, 0.5) is 13.2 Å². The lowest BCUT2D eigenvalue weighted by atomic mass is 10.00. The Kier molecular flexibility index (Phi) is 5.95. The Labute approximate surface area is 194 Å². The van der Waals surface area contributed by atoms with Crippen molar-refractivity contribution in [2.24, 2.45) is 5.73 Å². The maximum atomic E-state index is 13.5. The highest BCUT2D eigenvalue weighted by Gasteiger charge is 2.57. The van der Waals surface area contributed by atoms with E-state index in [1.165, 1.54) is 24.3 Å². The molecule has 0 saturated carbocycles. The number of halogens is 5. The Hall–Kier alpha value is -1.52. The Balaban J connectivity index is 1.67. The summed E-state index contributed by atoms with van der Waals surface area (Å²) in [6.07, 6.45) is -3.91. The zero-order valence-corrected chi connectivity index (χ0v) is 19.3. The lowest BCUT2D eigenvalue weighted by Gasteiger charge is -2.32. The van der Waals surface area contributed by atoms with Crippen LogP contribution in [-0.4, -0.2) is 50.4 Å². The second-order valence-corrected chi connectivity index (χ2v) is 11.2. The van der Waals surface area contributed by atoms with Gasteiger partial charge in [-0.1, -0.05) is 23.2 Å². The molecule has 11 heteroatoms. The minimum atomic E-state index is -4.52. The molecular weight excluding hydrogens is 488 g/mol. The number of nitrogens with zero attached hydrogens (tertiary/aromatic N) is 1. The van der Waals surface area contributed by atoms with Gasteiger partial charge in [0.25, 0.3) is 0 Å². The van der Waals surface area contributed by atoms with Gasteiger partial charge in [-0.3, -0.25) is 4.90 Å². The quantitative estimate of drug-likeness (QED) is 0.662. The van der Waals surface area contributed by atoms with Gasteiger partial charge in [-0.2, -0.15) is 13.2 Å². The Bertz CT molecular complexity index is 1140. The first-order chi connectivity index (χ1) is 14.8.